The number of carbonyl (C=O) groups excluding carboxylic acids is 1. The molecule has 0 saturated carbocycles. The molecular formula is C14H8Cl2FNO2S. The summed E-state index contributed by atoms with van der Waals surface area (Å²) >= 11 is 12.5. The van der Waals surface area contributed by atoms with Crippen molar-refractivity contribution in [2.45, 2.75) is 0 Å². The van der Waals surface area contributed by atoms with Gasteiger partial charge >= 0.3 is 0 Å². The van der Waals surface area contributed by atoms with E-state index < -0.39 is 11.7 Å². The van der Waals surface area contributed by atoms with Crippen molar-refractivity contribution in [1.82, 2.24) is 0 Å². The Bertz CT molecular complexity index is 726. The predicted molar refractivity (Wildman–Crippen MR) is 82.7 cm³/mol. The lowest BCUT2D eigenvalue weighted by atomic mass is 10.2. The van der Waals surface area contributed by atoms with Crippen LogP contribution in [-0.2, 0) is 0 Å². The first-order valence-electron chi connectivity index (χ1n) is 5.66. The Morgan fingerprint density at radius 3 is 2.67 bits per heavy atom. The maximum absolute atomic E-state index is 13.3. The van der Waals surface area contributed by atoms with Gasteiger partial charge in [-0.3, -0.25) is 4.79 Å². The summed E-state index contributed by atoms with van der Waals surface area (Å²) in [7, 11) is 0. The minimum atomic E-state index is -0.734. The quantitative estimate of drug-likeness (QED) is 0.643. The van der Waals surface area contributed by atoms with E-state index in [2.05, 4.69) is 17.2 Å². The lowest BCUT2D eigenvalue weighted by Gasteiger charge is -2.06. The summed E-state index contributed by atoms with van der Waals surface area (Å²) in [6.07, 6.45) is 0. The molecule has 0 aliphatic rings. The number of carbonyl (C=O) groups is 1. The molecule has 1 aromatic heterocycles. The number of amides is 1. The van der Waals surface area contributed by atoms with Crippen molar-refractivity contribution in [3.8, 4) is 11.8 Å². The van der Waals surface area contributed by atoms with Crippen LogP contribution >= 0.6 is 34.5 Å². The lowest BCUT2D eigenvalue weighted by molar-refractivity contribution is 0.103. The van der Waals surface area contributed by atoms with Crippen LogP contribution in [0.4, 0.5) is 10.1 Å². The summed E-state index contributed by atoms with van der Waals surface area (Å²) in [6.45, 7) is -0.292. The average molecular weight is 344 g/mol. The van der Waals surface area contributed by atoms with E-state index >= 15 is 0 Å². The van der Waals surface area contributed by atoms with Crippen LogP contribution < -0.4 is 5.32 Å². The SMILES string of the molecule is O=C(Nc1cc(Cl)c(F)c(Cl)c1)c1sccc1C#CCO. The molecule has 0 radical (unpaired) electrons. The minimum Gasteiger partial charge on any atom is -0.384 e. The third-order valence-electron chi connectivity index (χ3n) is 2.42. The fourth-order valence-electron chi connectivity index (χ4n) is 1.53. The Hall–Kier alpha value is -1.58. The van der Waals surface area contributed by atoms with Crippen LogP contribution in [0.2, 0.25) is 10.0 Å². The van der Waals surface area contributed by atoms with Crippen molar-refractivity contribution < 1.29 is 14.3 Å². The van der Waals surface area contributed by atoms with Gasteiger partial charge in [-0.1, -0.05) is 35.0 Å². The van der Waals surface area contributed by atoms with Crippen LogP contribution in [0.15, 0.2) is 23.6 Å². The molecule has 0 atom stereocenters. The number of thiophene rings is 1. The van der Waals surface area contributed by atoms with Gasteiger partial charge in [0.1, 0.15) is 11.5 Å². The summed E-state index contributed by atoms with van der Waals surface area (Å²) in [5, 5.41) is 12.6. The van der Waals surface area contributed by atoms with Crippen molar-refractivity contribution in [2.24, 2.45) is 0 Å². The number of hydrogen-bond acceptors (Lipinski definition) is 3. The molecule has 1 aromatic carbocycles. The molecule has 1 heterocycles. The number of anilines is 1. The second kappa shape index (κ2) is 6.92. The fraction of sp³-hybridized carbons (Fsp3) is 0.0714. The topological polar surface area (TPSA) is 49.3 Å². The monoisotopic (exact) mass is 343 g/mol. The van der Waals surface area contributed by atoms with Gasteiger partial charge in [-0.15, -0.1) is 11.3 Å². The van der Waals surface area contributed by atoms with Crippen LogP contribution in [-0.4, -0.2) is 17.6 Å². The zero-order valence-corrected chi connectivity index (χ0v) is 12.7. The molecule has 0 bridgehead atoms. The highest BCUT2D eigenvalue weighted by Crippen LogP contribution is 2.28. The highest BCUT2D eigenvalue weighted by molar-refractivity contribution is 7.12. The number of hydrogen-bond donors (Lipinski definition) is 2. The summed E-state index contributed by atoms with van der Waals surface area (Å²) in [6, 6.07) is 4.22. The molecule has 1 amide bonds. The fourth-order valence-corrected chi connectivity index (χ4v) is 2.77. The van der Waals surface area contributed by atoms with Gasteiger partial charge in [-0.2, -0.15) is 0 Å². The van der Waals surface area contributed by atoms with E-state index in [1.54, 1.807) is 11.4 Å². The van der Waals surface area contributed by atoms with E-state index in [9.17, 15) is 9.18 Å². The average Bonchev–Trinajstić information content (AvgIpc) is 2.90. The molecule has 3 nitrogen and oxygen atoms in total. The van der Waals surface area contributed by atoms with Crippen LogP contribution in [0.25, 0.3) is 0 Å². The zero-order chi connectivity index (χ0) is 15.4. The Morgan fingerprint density at radius 2 is 2.05 bits per heavy atom. The zero-order valence-electron chi connectivity index (χ0n) is 10.4. The van der Waals surface area contributed by atoms with Gasteiger partial charge in [-0.25, -0.2) is 4.39 Å². The molecule has 108 valence electrons. The van der Waals surface area contributed by atoms with Gasteiger partial charge in [0.15, 0.2) is 5.82 Å². The number of rotatable bonds is 2. The molecular weight excluding hydrogens is 336 g/mol. The van der Waals surface area contributed by atoms with Crippen molar-refractivity contribution in [3.63, 3.8) is 0 Å². The Kier molecular flexibility index (Phi) is 5.21. The smallest absolute Gasteiger partial charge is 0.267 e. The predicted octanol–water partition coefficient (Wildman–Crippen LogP) is 3.79. The maximum atomic E-state index is 13.3. The van der Waals surface area contributed by atoms with Crippen LogP contribution in [0.3, 0.4) is 0 Å². The molecule has 0 spiro atoms. The normalized spacial score (nSPS) is 9.90. The number of aliphatic hydroxyl groups excluding tert-OH is 1. The van der Waals surface area contributed by atoms with Gasteiger partial charge in [0.2, 0.25) is 0 Å². The molecule has 0 fully saturated rings. The molecule has 0 aliphatic heterocycles. The number of benzene rings is 1. The molecule has 2 N–H and O–H groups in total. The first kappa shape index (κ1) is 15.8. The molecule has 2 rings (SSSR count). The molecule has 0 saturated heterocycles. The number of halogens is 3. The number of nitrogens with one attached hydrogen (secondary N) is 1. The highest BCUT2D eigenvalue weighted by atomic mass is 35.5. The van der Waals surface area contributed by atoms with Gasteiger partial charge in [0, 0.05) is 11.3 Å². The van der Waals surface area contributed by atoms with Crippen LogP contribution in [0.1, 0.15) is 15.2 Å². The summed E-state index contributed by atoms with van der Waals surface area (Å²) < 4.78 is 13.3. The Labute approximate surface area is 134 Å². The largest absolute Gasteiger partial charge is 0.384 e. The first-order valence-corrected chi connectivity index (χ1v) is 7.29. The highest BCUT2D eigenvalue weighted by Gasteiger charge is 2.14. The third-order valence-corrected chi connectivity index (χ3v) is 3.88. The van der Waals surface area contributed by atoms with Gasteiger partial charge in [0.05, 0.1) is 10.0 Å². The van der Waals surface area contributed by atoms with Crippen LogP contribution in [0.5, 0.6) is 0 Å². The Morgan fingerprint density at radius 1 is 1.38 bits per heavy atom. The van der Waals surface area contributed by atoms with Crippen molar-refractivity contribution in [2.75, 3.05) is 11.9 Å². The first-order chi connectivity index (χ1) is 10.0. The standard InChI is InChI=1S/C14H8Cl2FNO2S/c15-10-6-9(7-11(16)12(10)17)18-14(20)13-8(2-1-4-19)3-5-21-13/h3,5-7,19H,4H2,(H,18,20). The summed E-state index contributed by atoms with van der Waals surface area (Å²) in [4.78, 5) is 12.5. The van der Waals surface area contributed by atoms with Crippen LogP contribution in [0, 0.1) is 17.7 Å². The van der Waals surface area contributed by atoms with Gasteiger partial charge < -0.3 is 10.4 Å². The minimum absolute atomic E-state index is 0.177. The van der Waals surface area contributed by atoms with E-state index in [1.807, 2.05) is 0 Å². The second-order valence-corrected chi connectivity index (χ2v) is 5.56. The van der Waals surface area contributed by atoms with Crippen molar-refractivity contribution in [3.05, 3.63) is 49.9 Å². The van der Waals surface area contributed by atoms with E-state index in [0.717, 1.165) is 0 Å². The summed E-state index contributed by atoms with van der Waals surface area (Å²) in [5.74, 6) is 4.01. The summed E-state index contributed by atoms with van der Waals surface area (Å²) in [5.41, 5.74) is 0.789. The molecule has 0 aliphatic carbocycles. The molecule has 0 unspecified atom stereocenters. The van der Waals surface area contributed by atoms with E-state index in [4.69, 9.17) is 28.3 Å². The van der Waals surface area contributed by atoms with Gasteiger partial charge in [-0.05, 0) is 23.6 Å². The second-order valence-electron chi connectivity index (χ2n) is 3.83. The van der Waals surface area contributed by atoms with Gasteiger partial charge in [0.25, 0.3) is 5.91 Å². The Balaban J connectivity index is 2.25. The van der Waals surface area contributed by atoms with Crippen molar-refractivity contribution >= 4 is 46.1 Å². The number of aliphatic hydroxyl groups is 1. The maximum Gasteiger partial charge on any atom is 0.267 e. The lowest BCUT2D eigenvalue weighted by Crippen LogP contribution is -2.11. The van der Waals surface area contributed by atoms with Crippen molar-refractivity contribution in [1.29, 1.82) is 0 Å². The molecule has 2 aromatic rings. The third kappa shape index (κ3) is 3.74. The van der Waals surface area contributed by atoms with E-state index in [0.29, 0.717) is 10.4 Å². The molecule has 7 heteroatoms. The van der Waals surface area contributed by atoms with E-state index in [1.165, 1.54) is 23.5 Å². The molecule has 21 heavy (non-hydrogen) atoms. The van der Waals surface area contributed by atoms with E-state index in [-0.39, 0.29) is 22.3 Å².